The molecule has 4 rings (SSSR count). The lowest BCUT2D eigenvalue weighted by Gasteiger charge is -2.10. The van der Waals surface area contributed by atoms with E-state index in [-0.39, 0.29) is 0 Å². The molecule has 1 N–H and O–H groups in total. The number of nitrogens with zero attached hydrogens (tertiary/aromatic N) is 2. The van der Waals surface area contributed by atoms with Gasteiger partial charge >= 0.3 is 0 Å². The van der Waals surface area contributed by atoms with Crippen molar-refractivity contribution in [3.63, 3.8) is 0 Å². The third-order valence-electron chi connectivity index (χ3n) is 3.64. The van der Waals surface area contributed by atoms with Crippen molar-refractivity contribution in [1.82, 2.24) is 10.1 Å². The van der Waals surface area contributed by atoms with E-state index in [1.807, 2.05) is 49.4 Å². The Labute approximate surface area is 149 Å². The lowest BCUT2D eigenvalue weighted by atomic mass is 10.2. The fourth-order valence-electron chi connectivity index (χ4n) is 2.47. The van der Waals surface area contributed by atoms with E-state index in [4.69, 9.17) is 20.9 Å². The predicted octanol–water partition coefficient (Wildman–Crippen LogP) is 5.72. The molecule has 0 saturated carbocycles. The molecule has 0 saturated heterocycles. The Morgan fingerprint density at radius 3 is 2.84 bits per heavy atom. The first-order valence-corrected chi connectivity index (χ1v) is 8.08. The van der Waals surface area contributed by atoms with Crippen LogP contribution in [0.1, 0.15) is 5.56 Å². The third kappa shape index (κ3) is 3.27. The van der Waals surface area contributed by atoms with E-state index in [1.165, 1.54) is 0 Å². The number of hydrogen-bond donors (Lipinski definition) is 1. The van der Waals surface area contributed by atoms with Crippen molar-refractivity contribution < 1.29 is 9.26 Å². The fraction of sp³-hybridized carbons (Fsp3) is 0.0526. The number of aromatic nitrogens is 2. The van der Waals surface area contributed by atoms with Gasteiger partial charge < -0.3 is 14.6 Å². The van der Waals surface area contributed by atoms with Crippen molar-refractivity contribution in [3.8, 4) is 11.5 Å². The van der Waals surface area contributed by atoms with Crippen LogP contribution in [0.15, 0.2) is 65.3 Å². The van der Waals surface area contributed by atoms with Crippen LogP contribution in [0.4, 0.5) is 11.5 Å². The van der Waals surface area contributed by atoms with Crippen molar-refractivity contribution in [2.75, 3.05) is 5.32 Å². The van der Waals surface area contributed by atoms with Crippen LogP contribution in [-0.4, -0.2) is 10.1 Å². The molecule has 124 valence electrons. The van der Waals surface area contributed by atoms with Crippen LogP contribution in [0.5, 0.6) is 11.5 Å². The second-order valence-electron chi connectivity index (χ2n) is 5.57. The minimum absolute atomic E-state index is 0.493. The number of fused-ring (bicyclic) bond motifs is 1. The van der Waals surface area contributed by atoms with Gasteiger partial charge in [-0.2, -0.15) is 0 Å². The van der Waals surface area contributed by atoms with Crippen LogP contribution in [0, 0.1) is 6.92 Å². The highest BCUT2D eigenvalue weighted by Crippen LogP contribution is 2.33. The molecule has 2 aromatic carbocycles. The van der Waals surface area contributed by atoms with Crippen molar-refractivity contribution in [1.29, 1.82) is 0 Å². The third-order valence-corrected chi connectivity index (χ3v) is 3.94. The van der Waals surface area contributed by atoms with Gasteiger partial charge in [0, 0.05) is 11.9 Å². The first-order chi connectivity index (χ1) is 12.2. The highest BCUT2D eigenvalue weighted by Gasteiger charge is 2.10. The molecule has 2 heterocycles. The Bertz CT molecular complexity index is 1050. The van der Waals surface area contributed by atoms with Gasteiger partial charge in [-0.25, -0.2) is 4.98 Å². The molecule has 6 heteroatoms. The number of rotatable bonds is 4. The molecule has 0 aliphatic carbocycles. The number of aryl methyl sites for hydroxylation is 1. The number of anilines is 2. The highest BCUT2D eigenvalue weighted by molar-refractivity contribution is 6.32. The van der Waals surface area contributed by atoms with Gasteiger partial charge in [0.1, 0.15) is 11.5 Å². The molecule has 0 radical (unpaired) electrons. The molecule has 0 aliphatic heterocycles. The lowest BCUT2D eigenvalue weighted by molar-refractivity contribution is 0.460. The number of ether oxygens (including phenoxy) is 1. The van der Waals surface area contributed by atoms with Crippen molar-refractivity contribution in [3.05, 3.63) is 71.4 Å². The molecule has 0 amide bonds. The average Bonchev–Trinajstić information content (AvgIpc) is 3.01. The Balaban J connectivity index is 1.57. The van der Waals surface area contributed by atoms with Gasteiger partial charge in [-0.1, -0.05) is 28.9 Å². The van der Waals surface area contributed by atoms with Crippen LogP contribution in [0.25, 0.3) is 11.1 Å². The molecular weight excluding hydrogens is 338 g/mol. The topological polar surface area (TPSA) is 60.2 Å². The molecule has 0 spiro atoms. The summed E-state index contributed by atoms with van der Waals surface area (Å²) in [6, 6.07) is 16.9. The van der Waals surface area contributed by atoms with E-state index >= 15 is 0 Å². The summed E-state index contributed by atoms with van der Waals surface area (Å²) < 4.78 is 11.1. The molecule has 2 aromatic heterocycles. The van der Waals surface area contributed by atoms with Crippen LogP contribution < -0.4 is 10.1 Å². The van der Waals surface area contributed by atoms with Gasteiger partial charge in [0.15, 0.2) is 16.9 Å². The van der Waals surface area contributed by atoms with Gasteiger partial charge in [-0.3, -0.25) is 0 Å². The Morgan fingerprint density at radius 1 is 1.08 bits per heavy atom. The van der Waals surface area contributed by atoms with E-state index in [2.05, 4.69) is 15.5 Å². The zero-order chi connectivity index (χ0) is 17.2. The summed E-state index contributed by atoms with van der Waals surface area (Å²) in [7, 11) is 0. The first-order valence-electron chi connectivity index (χ1n) is 7.70. The Morgan fingerprint density at radius 2 is 2.00 bits per heavy atom. The predicted molar refractivity (Wildman–Crippen MR) is 97.8 cm³/mol. The summed E-state index contributed by atoms with van der Waals surface area (Å²) in [5.74, 6) is 1.87. The van der Waals surface area contributed by atoms with Crippen LogP contribution in [0.3, 0.4) is 0 Å². The number of nitrogens with one attached hydrogen (secondary N) is 1. The van der Waals surface area contributed by atoms with E-state index in [0.29, 0.717) is 27.7 Å². The van der Waals surface area contributed by atoms with Gasteiger partial charge in [0.2, 0.25) is 0 Å². The number of hydrogen-bond acceptors (Lipinski definition) is 5. The molecule has 0 bridgehead atoms. The molecule has 4 aromatic rings. The second kappa shape index (κ2) is 6.45. The largest absolute Gasteiger partial charge is 0.456 e. The zero-order valence-corrected chi connectivity index (χ0v) is 14.1. The highest BCUT2D eigenvalue weighted by atomic mass is 35.5. The molecule has 5 nitrogen and oxygen atoms in total. The summed E-state index contributed by atoms with van der Waals surface area (Å²) >= 11 is 6.35. The number of benzene rings is 2. The van der Waals surface area contributed by atoms with E-state index in [9.17, 15) is 0 Å². The van der Waals surface area contributed by atoms with E-state index in [0.717, 1.165) is 17.0 Å². The summed E-state index contributed by atoms with van der Waals surface area (Å²) in [5.41, 5.74) is 3.17. The number of pyridine rings is 1. The maximum absolute atomic E-state index is 6.35. The summed E-state index contributed by atoms with van der Waals surface area (Å²) in [6.07, 6.45) is 1.69. The summed E-state index contributed by atoms with van der Waals surface area (Å²) in [6.45, 7) is 2.01. The zero-order valence-electron chi connectivity index (χ0n) is 13.4. The molecule has 0 fully saturated rings. The molecule has 0 aliphatic rings. The molecular formula is C19H14ClN3O2. The summed E-state index contributed by atoms with van der Waals surface area (Å²) in [4.78, 5) is 4.26. The van der Waals surface area contributed by atoms with Crippen molar-refractivity contribution >= 4 is 34.2 Å². The van der Waals surface area contributed by atoms with Crippen molar-refractivity contribution in [2.45, 2.75) is 6.92 Å². The SMILES string of the molecule is Cc1cccc(Oc2ccc(Nc3noc4cccnc34)cc2Cl)c1. The van der Waals surface area contributed by atoms with Crippen LogP contribution >= 0.6 is 11.6 Å². The van der Waals surface area contributed by atoms with E-state index < -0.39 is 0 Å². The Hall–Kier alpha value is -3.05. The maximum Gasteiger partial charge on any atom is 0.200 e. The first kappa shape index (κ1) is 15.5. The van der Waals surface area contributed by atoms with E-state index in [1.54, 1.807) is 18.3 Å². The fourth-order valence-corrected chi connectivity index (χ4v) is 2.69. The molecule has 0 atom stereocenters. The van der Waals surface area contributed by atoms with Crippen molar-refractivity contribution in [2.24, 2.45) is 0 Å². The normalized spacial score (nSPS) is 10.8. The van der Waals surface area contributed by atoms with Crippen LogP contribution in [-0.2, 0) is 0 Å². The maximum atomic E-state index is 6.35. The monoisotopic (exact) mass is 351 g/mol. The van der Waals surface area contributed by atoms with Gasteiger partial charge in [-0.05, 0) is 55.0 Å². The van der Waals surface area contributed by atoms with Gasteiger partial charge in [-0.15, -0.1) is 0 Å². The standard InChI is InChI=1S/C19H14ClN3O2/c1-12-4-2-5-14(10-12)24-16-8-7-13(11-15(16)20)22-19-18-17(25-23-19)6-3-9-21-18/h2-11H,1H3,(H,22,23). The average molecular weight is 352 g/mol. The Kier molecular flexibility index (Phi) is 3.99. The number of halogens is 1. The van der Waals surface area contributed by atoms with Gasteiger partial charge in [0.05, 0.1) is 5.02 Å². The van der Waals surface area contributed by atoms with Gasteiger partial charge in [0.25, 0.3) is 0 Å². The minimum atomic E-state index is 0.493. The quantitative estimate of drug-likeness (QED) is 0.509. The molecule has 0 unspecified atom stereocenters. The lowest BCUT2D eigenvalue weighted by Crippen LogP contribution is -1.93. The minimum Gasteiger partial charge on any atom is -0.456 e. The van der Waals surface area contributed by atoms with Crippen LogP contribution in [0.2, 0.25) is 5.02 Å². The smallest absolute Gasteiger partial charge is 0.200 e. The summed E-state index contributed by atoms with van der Waals surface area (Å²) in [5, 5.41) is 7.65. The second-order valence-corrected chi connectivity index (χ2v) is 5.98. The molecule has 25 heavy (non-hydrogen) atoms.